The summed E-state index contributed by atoms with van der Waals surface area (Å²) in [5.41, 5.74) is 2.04. The lowest BCUT2D eigenvalue weighted by Gasteiger charge is -2.31. The number of ether oxygens (including phenoxy) is 2. The Hall–Kier alpha value is -3.46. The van der Waals surface area contributed by atoms with Gasteiger partial charge in [-0.25, -0.2) is 4.98 Å². The Kier molecular flexibility index (Phi) is 5.25. The molecule has 9 heteroatoms. The maximum Gasteiger partial charge on any atom is 0.276 e. The van der Waals surface area contributed by atoms with Crippen molar-refractivity contribution in [1.82, 2.24) is 24.9 Å². The summed E-state index contributed by atoms with van der Waals surface area (Å²) in [5, 5.41) is 9.22. The van der Waals surface area contributed by atoms with Crippen molar-refractivity contribution in [1.29, 1.82) is 0 Å². The molecule has 1 fully saturated rings. The molecule has 1 aliphatic heterocycles. The Balaban J connectivity index is 1.19. The normalized spacial score (nSPS) is 14.7. The number of benzene rings is 2. The van der Waals surface area contributed by atoms with E-state index in [1.807, 2.05) is 53.4 Å². The smallest absolute Gasteiger partial charge is 0.276 e. The van der Waals surface area contributed by atoms with Gasteiger partial charge in [-0.2, -0.15) is 9.90 Å². The maximum absolute atomic E-state index is 12.8. The van der Waals surface area contributed by atoms with Gasteiger partial charge in [-0.3, -0.25) is 4.79 Å². The van der Waals surface area contributed by atoms with E-state index in [-0.39, 0.29) is 12.0 Å². The highest BCUT2D eigenvalue weighted by Crippen LogP contribution is 2.32. The first-order valence-electron chi connectivity index (χ1n) is 10.1. The van der Waals surface area contributed by atoms with Crippen LogP contribution in [0.15, 0.2) is 54.7 Å². The van der Waals surface area contributed by atoms with Crippen molar-refractivity contribution in [2.24, 2.45) is 0 Å². The van der Waals surface area contributed by atoms with E-state index < -0.39 is 0 Å². The number of para-hydroxylation sites is 1. The summed E-state index contributed by atoms with van der Waals surface area (Å²) in [6.07, 6.45) is 3.05. The van der Waals surface area contributed by atoms with E-state index in [1.165, 1.54) is 22.3 Å². The summed E-state index contributed by atoms with van der Waals surface area (Å²) in [6, 6.07) is 15.4. The Bertz CT molecular complexity index is 1200. The largest absolute Gasteiger partial charge is 0.497 e. The minimum absolute atomic E-state index is 0.0338. The van der Waals surface area contributed by atoms with Gasteiger partial charge in [0.05, 0.1) is 29.2 Å². The topological polar surface area (TPSA) is 82.4 Å². The molecule has 2 aromatic heterocycles. The fraction of sp³-hybridized carbons (Fsp3) is 0.273. The first-order valence-corrected chi connectivity index (χ1v) is 10.9. The third-order valence-corrected chi connectivity index (χ3v) is 6.20. The van der Waals surface area contributed by atoms with Crippen molar-refractivity contribution >= 4 is 27.5 Å². The lowest BCUT2D eigenvalue weighted by Crippen LogP contribution is -2.42. The molecule has 1 saturated heterocycles. The molecule has 5 rings (SSSR count). The predicted octanol–water partition coefficient (Wildman–Crippen LogP) is 3.57. The Morgan fingerprint density at radius 3 is 2.71 bits per heavy atom. The predicted molar refractivity (Wildman–Crippen MR) is 117 cm³/mol. The average Bonchev–Trinajstić information content (AvgIpc) is 3.46. The Labute approximate surface area is 183 Å². The van der Waals surface area contributed by atoms with Crippen molar-refractivity contribution < 1.29 is 14.3 Å². The van der Waals surface area contributed by atoms with Crippen LogP contribution >= 0.6 is 11.3 Å². The molecule has 0 unspecified atom stereocenters. The summed E-state index contributed by atoms with van der Waals surface area (Å²) >= 11 is 1.52. The summed E-state index contributed by atoms with van der Waals surface area (Å²) in [6.45, 7) is 1.22. The minimum atomic E-state index is -0.104. The van der Waals surface area contributed by atoms with Gasteiger partial charge in [0.15, 0.2) is 5.69 Å². The fourth-order valence-electron chi connectivity index (χ4n) is 3.59. The number of hydrogen-bond acceptors (Lipinski definition) is 7. The van der Waals surface area contributed by atoms with E-state index in [1.54, 1.807) is 7.11 Å². The fourth-order valence-corrected chi connectivity index (χ4v) is 4.45. The highest BCUT2D eigenvalue weighted by atomic mass is 32.1. The van der Waals surface area contributed by atoms with E-state index in [2.05, 4.69) is 15.2 Å². The van der Waals surface area contributed by atoms with Crippen LogP contribution in [0.4, 0.5) is 0 Å². The number of likely N-dealkylation sites (tertiary alicyclic amines) is 1. The molecule has 2 aromatic carbocycles. The van der Waals surface area contributed by atoms with Gasteiger partial charge >= 0.3 is 0 Å². The summed E-state index contributed by atoms with van der Waals surface area (Å²) in [7, 11) is 1.64. The van der Waals surface area contributed by atoms with Gasteiger partial charge < -0.3 is 14.4 Å². The van der Waals surface area contributed by atoms with Crippen LogP contribution in [0.25, 0.3) is 15.9 Å². The summed E-state index contributed by atoms with van der Waals surface area (Å²) in [4.78, 5) is 20.7. The van der Waals surface area contributed by atoms with E-state index in [4.69, 9.17) is 9.47 Å². The molecule has 31 heavy (non-hydrogen) atoms. The average molecular weight is 436 g/mol. The van der Waals surface area contributed by atoms with Crippen LogP contribution in [0.2, 0.25) is 0 Å². The third kappa shape index (κ3) is 4.09. The molecule has 8 nitrogen and oxygen atoms in total. The SMILES string of the molecule is COc1ccc2sc(OC3CCN(C(=O)c4cnn(-c5ccccc5)n4)CC3)nc2c1. The molecule has 1 aliphatic rings. The monoisotopic (exact) mass is 435 g/mol. The van der Waals surface area contributed by atoms with Crippen LogP contribution in [0.1, 0.15) is 23.3 Å². The van der Waals surface area contributed by atoms with Gasteiger partial charge in [0, 0.05) is 32.0 Å². The van der Waals surface area contributed by atoms with Gasteiger partial charge in [0.1, 0.15) is 11.9 Å². The molecular formula is C22H21N5O3S. The molecular weight excluding hydrogens is 414 g/mol. The molecule has 0 spiro atoms. The lowest BCUT2D eigenvalue weighted by molar-refractivity contribution is 0.0589. The number of thiazole rings is 1. The van der Waals surface area contributed by atoms with Crippen LogP contribution in [0.3, 0.4) is 0 Å². The van der Waals surface area contributed by atoms with Crippen molar-refractivity contribution in [2.45, 2.75) is 18.9 Å². The van der Waals surface area contributed by atoms with Gasteiger partial charge in [0.2, 0.25) is 0 Å². The van der Waals surface area contributed by atoms with Gasteiger partial charge in [-0.05, 0) is 24.3 Å². The number of methoxy groups -OCH3 is 1. The zero-order valence-corrected chi connectivity index (χ0v) is 17.8. The van der Waals surface area contributed by atoms with Gasteiger partial charge in [-0.15, -0.1) is 5.10 Å². The molecule has 0 radical (unpaired) electrons. The number of aromatic nitrogens is 4. The van der Waals surface area contributed by atoms with Crippen LogP contribution in [-0.2, 0) is 0 Å². The number of amides is 1. The van der Waals surface area contributed by atoms with Crippen LogP contribution in [0, 0.1) is 0 Å². The molecule has 3 heterocycles. The first kappa shape index (κ1) is 19.5. The number of carbonyl (C=O) groups is 1. The van der Waals surface area contributed by atoms with Crippen LogP contribution in [-0.4, -0.2) is 57.1 Å². The van der Waals surface area contributed by atoms with E-state index in [9.17, 15) is 4.79 Å². The van der Waals surface area contributed by atoms with Crippen molar-refractivity contribution in [2.75, 3.05) is 20.2 Å². The van der Waals surface area contributed by atoms with Crippen LogP contribution < -0.4 is 9.47 Å². The summed E-state index contributed by atoms with van der Waals surface area (Å²) in [5.74, 6) is 0.674. The van der Waals surface area contributed by atoms with E-state index in [0.29, 0.717) is 24.0 Å². The third-order valence-electron chi connectivity index (χ3n) is 5.27. The molecule has 0 atom stereocenters. The zero-order chi connectivity index (χ0) is 21.2. The minimum Gasteiger partial charge on any atom is -0.497 e. The molecule has 158 valence electrons. The number of rotatable bonds is 5. The van der Waals surface area contributed by atoms with Crippen molar-refractivity contribution in [3.05, 3.63) is 60.4 Å². The highest BCUT2D eigenvalue weighted by molar-refractivity contribution is 7.20. The first-order chi connectivity index (χ1) is 15.2. The van der Waals surface area contributed by atoms with Gasteiger partial charge in [-0.1, -0.05) is 29.5 Å². The number of carbonyl (C=O) groups excluding carboxylic acids is 1. The molecule has 1 amide bonds. The second kappa shape index (κ2) is 8.35. The number of fused-ring (bicyclic) bond motifs is 1. The molecule has 0 saturated carbocycles. The van der Waals surface area contributed by atoms with Gasteiger partial charge in [0.25, 0.3) is 11.1 Å². The van der Waals surface area contributed by atoms with E-state index >= 15 is 0 Å². The van der Waals surface area contributed by atoms with E-state index in [0.717, 1.165) is 34.5 Å². The second-order valence-corrected chi connectivity index (χ2v) is 8.27. The van der Waals surface area contributed by atoms with Crippen molar-refractivity contribution in [3.8, 4) is 16.6 Å². The highest BCUT2D eigenvalue weighted by Gasteiger charge is 2.27. The second-order valence-electron chi connectivity index (χ2n) is 7.28. The molecule has 0 N–H and O–H groups in total. The molecule has 4 aromatic rings. The summed E-state index contributed by atoms with van der Waals surface area (Å²) < 4.78 is 12.4. The number of hydrogen-bond donors (Lipinski definition) is 0. The zero-order valence-electron chi connectivity index (χ0n) is 17.0. The van der Waals surface area contributed by atoms with Crippen molar-refractivity contribution in [3.63, 3.8) is 0 Å². The maximum atomic E-state index is 12.8. The number of piperidine rings is 1. The Morgan fingerprint density at radius 2 is 1.94 bits per heavy atom. The van der Waals surface area contributed by atoms with Crippen LogP contribution in [0.5, 0.6) is 10.9 Å². The standard InChI is InChI=1S/C22H21N5O3S/c1-29-17-7-8-20-18(13-17)24-22(31-20)30-16-9-11-26(12-10-16)21(28)19-14-23-27(25-19)15-5-3-2-4-6-15/h2-8,13-14,16H,9-12H2,1H3. The molecule has 0 aliphatic carbocycles. The Morgan fingerprint density at radius 1 is 1.13 bits per heavy atom. The number of nitrogens with zero attached hydrogens (tertiary/aromatic N) is 5. The quantitative estimate of drug-likeness (QED) is 0.477. The lowest BCUT2D eigenvalue weighted by atomic mass is 10.1. The molecule has 0 bridgehead atoms.